The van der Waals surface area contributed by atoms with Gasteiger partial charge in [0, 0.05) is 43.7 Å². The largest absolute Gasteiger partial charge is 0.444 e. The summed E-state index contributed by atoms with van der Waals surface area (Å²) in [5.41, 5.74) is 0.264. The average Bonchev–Trinajstić information content (AvgIpc) is 3.44. The lowest BCUT2D eigenvalue weighted by Crippen LogP contribution is -2.50. The smallest absolute Gasteiger partial charge is 0.410 e. The molecule has 1 aliphatic heterocycles. The highest BCUT2D eigenvalue weighted by Crippen LogP contribution is 2.36. The first kappa shape index (κ1) is 19.1. The molecule has 1 saturated heterocycles. The van der Waals surface area contributed by atoms with E-state index in [1.54, 1.807) is 17.0 Å². The molecule has 0 atom stereocenters. The average molecular weight is 375 g/mol. The van der Waals surface area contributed by atoms with Gasteiger partial charge in [0.15, 0.2) is 5.78 Å². The van der Waals surface area contributed by atoms with Crippen molar-refractivity contribution in [2.75, 3.05) is 31.1 Å². The standard InChI is InChI=1S/C19H25N3O5/c1-19(2,3)27-18(24)21-10-8-20(9-11-21)15-7-6-14(12-16(15)22(25)26)17(23)13-4-5-13/h6-7,12-13H,4-5,8-11H2,1-3H3. The number of nitro benzene ring substituents is 1. The second-order valence-electron chi connectivity index (χ2n) is 8.05. The Labute approximate surface area is 158 Å². The Kier molecular flexibility index (Phi) is 5.08. The maximum Gasteiger partial charge on any atom is 0.410 e. The molecule has 0 aromatic heterocycles. The summed E-state index contributed by atoms with van der Waals surface area (Å²) in [5.74, 6) is 0.00669. The molecule has 1 amide bonds. The zero-order valence-electron chi connectivity index (χ0n) is 15.9. The van der Waals surface area contributed by atoms with Gasteiger partial charge in [-0.15, -0.1) is 0 Å². The molecule has 0 N–H and O–H groups in total. The second kappa shape index (κ2) is 7.17. The summed E-state index contributed by atoms with van der Waals surface area (Å²) in [6.07, 6.45) is 1.35. The van der Waals surface area contributed by atoms with Gasteiger partial charge in [0.25, 0.3) is 5.69 Å². The highest BCUT2D eigenvalue weighted by Gasteiger charge is 2.33. The van der Waals surface area contributed by atoms with Crippen molar-refractivity contribution < 1.29 is 19.2 Å². The number of amides is 1. The predicted octanol–water partition coefficient (Wildman–Crippen LogP) is 3.24. The molecular formula is C19H25N3O5. The van der Waals surface area contributed by atoms with Crippen LogP contribution in [-0.2, 0) is 4.74 Å². The summed E-state index contributed by atoms with van der Waals surface area (Å²) in [6.45, 7) is 7.23. The number of Topliss-reactive ketones (excluding diaryl/α,β-unsaturated/α-hetero) is 1. The van der Waals surface area contributed by atoms with Gasteiger partial charge >= 0.3 is 6.09 Å². The molecule has 1 heterocycles. The molecule has 1 aromatic carbocycles. The van der Waals surface area contributed by atoms with Crippen molar-refractivity contribution in [3.05, 3.63) is 33.9 Å². The lowest BCUT2D eigenvalue weighted by Gasteiger charge is -2.36. The third-order valence-corrected chi connectivity index (χ3v) is 4.68. The number of hydrogen-bond acceptors (Lipinski definition) is 6. The number of carbonyl (C=O) groups is 2. The van der Waals surface area contributed by atoms with Crippen LogP contribution in [0.1, 0.15) is 44.0 Å². The van der Waals surface area contributed by atoms with Crippen molar-refractivity contribution in [1.82, 2.24) is 4.90 Å². The Hall–Kier alpha value is -2.64. The highest BCUT2D eigenvalue weighted by atomic mass is 16.6. The van der Waals surface area contributed by atoms with Crippen molar-refractivity contribution in [1.29, 1.82) is 0 Å². The molecule has 0 unspecified atom stereocenters. The van der Waals surface area contributed by atoms with Crippen LogP contribution < -0.4 is 4.90 Å². The molecule has 1 aromatic rings. The Morgan fingerprint density at radius 3 is 2.30 bits per heavy atom. The third kappa shape index (κ3) is 4.56. The number of ketones is 1. The lowest BCUT2D eigenvalue weighted by molar-refractivity contribution is -0.384. The number of rotatable bonds is 4. The van der Waals surface area contributed by atoms with E-state index >= 15 is 0 Å². The van der Waals surface area contributed by atoms with E-state index in [0.29, 0.717) is 37.4 Å². The summed E-state index contributed by atoms with van der Waals surface area (Å²) < 4.78 is 5.37. The van der Waals surface area contributed by atoms with Gasteiger partial charge in [0.1, 0.15) is 11.3 Å². The maximum atomic E-state index is 12.2. The zero-order valence-corrected chi connectivity index (χ0v) is 15.9. The highest BCUT2D eigenvalue weighted by molar-refractivity contribution is 6.00. The fourth-order valence-electron chi connectivity index (χ4n) is 3.13. The van der Waals surface area contributed by atoms with Crippen molar-refractivity contribution in [2.24, 2.45) is 5.92 Å². The molecule has 8 nitrogen and oxygen atoms in total. The van der Waals surface area contributed by atoms with Crippen LogP contribution in [0.3, 0.4) is 0 Å². The van der Waals surface area contributed by atoms with Crippen LogP contribution in [0.4, 0.5) is 16.2 Å². The van der Waals surface area contributed by atoms with Crippen LogP contribution in [0.5, 0.6) is 0 Å². The Bertz CT molecular complexity index is 759. The lowest BCUT2D eigenvalue weighted by atomic mass is 10.0. The van der Waals surface area contributed by atoms with E-state index in [4.69, 9.17) is 4.74 Å². The van der Waals surface area contributed by atoms with Crippen molar-refractivity contribution in [3.8, 4) is 0 Å². The molecule has 2 aliphatic rings. The Morgan fingerprint density at radius 1 is 1.15 bits per heavy atom. The molecule has 0 spiro atoms. The number of hydrogen-bond donors (Lipinski definition) is 0. The maximum absolute atomic E-state index is 12.2. The first-order valence-electron chi connectivity index (χ1n) is 9.21. The first-order valence-corrected chi connectivity index (χ1v) is 9.21. The minimum Gasteiger partial charge on any atom is -0.444 e. The van der Waals surface area contributed by atoms with Crippen molar-refractivity contribution in [3.63, 3.8) is 0 Å². The monoisotopic (exact) mass is 375 g/mol. The van der Waals surface area contributed by atoms with E-state index in [1.807, 2.05) is 25.7 Å². The van der Waals surface area contributed by atoms with Crippen LogP contribution in [0.2, 0.25) is 0 Å². The van der Waals surface area contributed by atoms with Gasteiger partial charge in [0.05, 0.1) is 4.92 Å². The van der Waals surface area contributed by atoms with Crippen LogP contribution in [0.15, 0.2) is 18.2 Å². The van der Waals surface area contributed by atoms with Crippen molar-refractivity contribution in [2.45, 2.75) is 39.2 Å². The van der Waals surface area contributed by atoms with Crippen LogP contribution >= 0.6 is 0 Å². The molecule has 0 bridgehead atoms. The molecule has 1 saturated carbocycles. The van der Waals surface area contributed by atoms with E-state index in [2.05, 4.69) is 0 Å². The van der Waals surface area contributed by atoms with Gasteiger partial charge in [-0.3, -0.25) is 14.9 Å². The number of ether oxygens (including phenoxy) is 1. The minimum absolute atomic E-state index is 0.0144. The summed E-state index contributed by atoms with van der Waals surface area (Å²) in [6, 6.07) is 4.70. The summed E-state index contributed by atoms with van der Waals surface area (Å²) in [5, 5.41) is 11.5. The molecule has 8 heteroatoms. The summed E-state index contributed by atoms with van der Waals surface area (Å²) in [7, 11) is 0. The Balaban J connectivity index is 1.71. The predicted molar refractivity (Wildman–Crippen MR) is 100 cm³/mol. The van der Waals surface area contributed by atoms with Crippen LogP contribution in [-0.4, -0.2) is 53.5 Å². The van der Waals surface area contributed by atoms with Gasteiger partial charge < -0.3 is 14.5 Å². The van der Waals surface area contributed by atoms with E-state index in [0.717, 1.165) is 12.8 Å². The van der Waals surface area contributed by atoms with Crippen LogP contribution in [0.25, 0.3) is 0 Å². The quantitative estimate of drug-likeness (QED) is 0.456. The van der Waals surface area contributed by atoms with Gasteiger partial charge in [-0.05, 0) is 45.7 Å². The van der Waals surface area contributed by atoms with Gasteiger partial charge in [-0.2, -0.15) is 0 Å². The fraction of sp³-hybridized carbons (Fsp3) is 0.579. The van der Waals surface area contributed by atoms with E-state index < -0.39 is 10.5 Å². The minimum atomic E-state index is -0.559. The normalized spacial score (nSPS) is 17.6. The van der Waals surface area contributed by atoms with Crippen molar-refractivity contribution >= 4 is 23.3 Å². The number of carbonyl (C=O) groups excluding carboxylic acids is 2. The van der Waals surface area contributed by atoms with Gasteiger partial charge in [-0.25, -0.2) is 4.79 Å². The zero-order chi connectivity index (χ0) is 19.8. The molecule has 146 valence electrons. The third-order valence-electron chi connectivity index (χ3n) is 4.68. The van der Waals surface area contributed by atoms with Gasteiger partial charge in [0.2, 0.25) is 0 Å². The van der Waals surface area contributed by atoms with Gasteiger partial charge in [-0.1, -0.05) is 0 Å². The topological polar surface area (TPSA) is 93.0 Å². The Morgan fingerprint density at radius 2 is 1.78 bits per heavy atom. The molecule has 0 radical (unpaired) electrons. The van der Waals surface area contributed by atoms with E-state index in [9.17, 15) is 19.7 Å². The SMILES string of the molecule is CC(C)(C)OC(=O)N1CCN(c2ccc(C(=O)C3CC3)cc2[N+](=O)[O-])CC1. The van der Waals surface area contributed by atoms with E-state index in [-0.39, 0.29) is 23.5 Å². The number of nitrogens with zero attached hydrogens (tertiary/aromatic N) is 3. The first-order chi connectivity index (χ1) is 12.7. The second-order valence-corrected chi connectivity index (χ2v) is 8.05. The fourth-order valence-corrected chi connectivity index (χ4v) is 3.13. The number of piperazine rings is 1. The summed E-state index contributed by atoms with van der Waals surface area (Å²) >= 11 is 0. The van der Waals surface area contributed by atoms with Crippen LogP contribution in [0, 0.1) is 16.0 Å². The molecule has 1 aliphatic carbocycles. The number of anilines is 1. The molecule has 27 heavy (non-hydrogen) atoms. The number of benzene rings is 1. The molecular weight excluding hydrogens is 350 g/mol. The summed E-state index contributed by atoms with van der Waals surface area (Å²) in [4.78, 5) is 38.9. The number of nitro groups is 1. The molecule has 3 rings (SSSR count). The molecule has 2 fully saturated rings. The van der Waals surface area contributed by atoms with E-state index in [1.165, 1.54) is 6.07 Å².